The maximum Gasteiger partial charge on any atom is 0.234 e. The summed E-state index contributed by atoms with van der Waals surface area (Å²) in [6.45, 7) is 4.49. The molecule has 98 valence electrons. The summed E-state index contributed by atoms with van der Waals surface area (Å²) >= 11 is 0. The van der Waals surface area contributed by atoms with Gasteiger partial charge in [-0.25, -0.2) is 0 Å². The van der Waals surface area contributed by atoms with Crippen LogP contribution < -0.4 is 5.73 Å². The van der Waals surface area contributed by atoms with Gasteiger partial charge in [0.25, 0.3) is 0 Å². The van der Waals surface area contributed by atoms with E-state index in [1.54, 1.807) is 0 Å². The molecule has 0 aromatic rings. The van der Waals surface area contributed by atoms with E-state index in [1.165, 1.54) is 32.4 Å². The zero-order valence-corrected chi connectivity index (χ0v) is 10.9. The van der Waals surface area contributed by atoms with Gasteiger partial charge in [-0.2, -0.15) is 0 Å². The summed E-state index contributed by atoms with van der Waals surface area (Å²) in [6.07, 6.45) is 5.90. The molecule has 2 aliphatic heterocycles. The Kier molecular flexibility index (Phi) is 4.40. The number of hydrogen-bond donors (Lipinski definition) is 1. The molecule has 2 atom stereocenters. The van der Waals surface area contributed by atoms with E-state index in [-0.39, 0.29) is 11.9 Å². The van der Waals surface area contributed by atoms with Crippen molar-refractivity contribution < 1.29 is 4.79 Å². The van der Waals surface area contributed by atoms with Crippen LogP contribution in [0, 0.1) is 5.92 Å². The van der Waals surface area contributed by atoms with Gasteiger partial charge >= 0.3 is 0 Å². The van der Waals surface area contributed by atoms with Crippen molar-refractivity contribution in [3.05, 3.63) is 0 Å². The van der Waals surface area contributed by atoms with Gasteiger partial charge in [0, 0.05) is 13.1 Å². The number of nitrogens with zero attached hydrogens (tertiary/aromatic N) is 2. The average Bonchev–Trinajstić information content (AvgIpc) is 2.29. The van der Waals surface area contributed by atoms with E-state index < -0.39 is 0 Å². The lowest BCUT2D eigenvalue weighted by atomic mass is 9.94. The number of piperidine rings is 2. The number of hydrogen-bond acceptors (Lipinski definition) is 3. The number of rotatable bonds is 3. The van der Waals surface area contributed by atoms with Crippen LogP contribution in [0.25, 0.3) is 0 Å². The lowest BCUT2D eigenvalue weighted by molar-refractivity contribution is -0.124. The van der Waals surface area contributed by atoms with Gasteiger partial charge in [0.05, 0.1) is 6.04 Å². The summed E-state index contributed by atoms with van der Waals surface area (Å²) in [6, 6.07) is -0.00372. The summed E-state index contributed by atoms with van der Waals surface area (Å²) in [7, 11) is 2.19. The lowest BCUT2D eigenvalue weighted by Gasteiger charge is -2.38. The first-order valence-corrected chi connectivity index (χ1v) is 6.88. The summed E-state index contributed by atoms with van der Waals surface area (Å²) < 4.78 is 0. The van der Waals surface area contributed by atoms with Gasteiger partial charge in [-0.1, -0.05) is 6.42 Å². The monoisotopic (exact) mass is 239 g/mol. The molecule has 0 bridgehead atoms. The summed E-state index contributed by atoms with van der Waals surface area (Å²) in [5.41, 5.74) is 5.50. The van der Waals surface area contributed by atoms with Crippen molar-refractivity contribution >= 4 is 5.91 Å². The quantitative estimate of drug-likeness (QED) is 0.787. The van der Waals surface area contributed by atoms with Gasteiger partial charge in [-0.15, -0.1) is 0 Å². The molecular weight excluding hydrogens is 214 g/mol. The predicted molar refractivity (Wildman–Crippen MR) is 68.6 cm³/mol. The Bertz CT molecular complexity index is 269. The van der Waals surface area contributed by atoms with Crippen LogP contribution in [0.5, 0.6) is 0 Å². The summed E-state index contributed by atoms with van der Waals surface area (Å²) in [4.78, 5) is 16.2. The Morgan fingerprint density at radius 2 is 2.06 bits per heavy atom. The Hall–Kier alpha value is -0.610. The van der Waals surface area contributed by atoms with Crippen molar-refractivity contribution in [3.63, 3.8) is 0 Å². The van der Waals surface area contributed by atoms with E-state index in [9.17, 15) is 4.79 Å². The summed E-state index contributed by atoms with van der Waals surface area (Å²) in [5, 5.41) is 0. The number of amides is 1. The summed E-state index contributed by atoms with van der Waals surface area (Å²) in [5.74, 6) is 0.586. The van der Waals surface area contributed by atoms with Crippen LogP contribution in [0.1, 0.15) is 32.1 Å². The van der Waals surface area contributed by atoms with Crippen molar-refractivity contribution in [3.8, 4) is 0 Å². The van der Waals surface area contributed by atoms with Crippen LogP contribution in [0.15, 0.2) is 0 Å². The van der Waals surface area contributed by atoms with Gasteiger partial charge in [-0.3, -0.25) is 9.69 Å². The molecule has 4 nitrogen and oxygen atoms in total. The number of likely N-dealkylation sites (tertiary alicyclic amines) is 2. The van der Waals surface area contributed by atoms with Gasteiger partial charge < -0.3 is 10.6 Å². The minimum Gasteiger partial charge on any atom is -0.368 e. The van der Waals surface area contributed by atoms with Crippen LogP contribution >= 0.6 is 0 Å². The third-order valence-electron chi connectivity index (χ3n) is 4.16. The van der Waals surface area contributed by atoms with E-state index in [0.717, 1.165) is 25.9 Å². The molecule has 17 heavy (non-hydrogen) atoms. The molecule has 0 aromatic heterocycles. The first kappa shape index (κ1) is 12.8. The molecule has 2 heterocycles. The fourth-order valence-electron chi connectivity index (χ4n) is 3.29. The molecule has 0 aromatic carbocycles. The Morgan fingerprint density at radius 1 is 1.24 bits per heavy atom. The molecule has 2 saturated heterocycles. The van der Waals surface area contributed by atoms with Crippen LogP contribution in [0.4, 0.5) is 0 Å². The molecule has 2 unspecified atom stereocenters. The second kappa shape index (κ2) is 5.83. The van der Waals surface area contributed by atoms with Gasteiger partial charge in [0.15, 0.2) is 0 Å². The van der Waals surface area contributed by atoms with E-state index in [1.807, 2.05) is 0 Å². The molecule has 1 amide bonds. The molecule has 2 fully saturated rings. The highest BCUT2D eigenvalue weighted by atomic mass is 16.1. The van der Waals surface area contributed by atoms with E-state index >= 15 is 0 Å². The topological polar surface area (TPSA) is 49.6 Å². The van der Waals surface area contributed by atoms with Crippen molar-refractivity contribution in [1.29, 1.82) is 0 Å². The Morgan fingerprint density at radius 3 is 2.76 bits per heavy atom. The minimum absolute atomic E-state index is 0.00372. The Balaban J connectivity index is 1.89. The molecule has 0 radical (unpaired) electrons. The number of carbonyl (C=O) groups excluding carboxylic acids is 1. The highest BCUT2D eigenvalue weighted by molar-refractivity contribution is 5.79. The van der Waals surface area contributed by atoms with E-state index in [4.69, 9.17) is 5.73 Å². The van der Waals surface area contributed by atoms with Crippen LogP contribution in [0.3, 0.4) is 0 Å². The van der Waals surface area contributed by atoms with Gasteiger partial charge in [0.2, 0.25) is 5.91 Å². The second-order valence-corrected chi connectivity index (χ2v) is 5.68. The van der Waals surface area contributed by atoms with E-state index in [0.29, 0.717) is 5.92 Å². The molecular formula is C13H25N3O. The van der Waals surface area contributed by atoms with Crippen molar-refractivity contribution in [2.75, 3.05) is 33.2 Å². The first-order chi connectivity index (χ1) is 8.16. The first-order valence-electron chi connectivity index (χ1n) is 6.88. The highest BCUT2D eigenvalue weighted by Gasteiger charge is 2.29. The van der Waals surface area contributed by atoms with E-state index in [2.05, 4.69) is 16.8 Å². The zero-order chi connectivity index (χ0) is 12.3. The number of carbonyl (C=O) groups is 1. The Labute approximate surface area is 104 Å². The molecule has 4 heteroatoms. The van der Waals surface area contributed by atoms with Crippen molar-refractivity contribution in [2.45, 2.75) is 38.1 Å². The fourth-order valence-corrected chi connectivity index (χ4v) is 3.29. The molecule has 2 N–H and O–H groups in total. The normalized spacial score (nSPS) is 32.5. The van der Waals surface area contributed by atoms with Crippen molar-refractivity contribution in [2.24, 2.45) is 11.7 Å². The maximum atomic E-state index is 11.4. The van der Waals surface area contributed by atoms with Crippen LogP contribution in [-0.4, -0.2) is 55.0 Å². The number of nitrogens with two attached hydrogens (primary N) is 1. The van der Waals surface area contributed by atoms with Gasteiger partial charge in [-0.05, 0) is 51.7 Å². The van der Waals surface area contributed by atoms with Crippen LogP contribution in [-0.2, 0) is 4.79 Å². The number of primary amides is 1. The maximum absolute atomic E-state index is 11.4. The average molecular weight is 239 g/mol. The van der Waals surface area contributed by atoms with Crippen molar-refractivity contribution in [1.82, 2.24) is 9.80 Å². The molecule has 2 rings (SSSR count). The SMILES string of the molecule is CN1CCCC(CN2CCCCC2C(N)=O)C1. The molecule has 0 spiro atoms. The molecule has 2 aliphatic rings. The lowest BCUT2D eigenvalue weighted by Crippen LogP contribution is -2.50. The van der Waals surface area contributed by atoms with Gasteiger partial charge in [0.1, 0.15) is 0 Å². The predicted octanol–water partition coefficient (Wildman–Crippen LogP) is 0.668. The second-order valence-electron chi connectivity index (χ2n) is 5.68. The fraction of sp³-hybridized carbons (Fsp3) is 0.923. The smallest absolute Gasteiger partial charge is 0.234 e. The standard InChI is InChI=1S/C13H25N3O/c1-15-7-4-5-11(9-15)10-16-8-3-2-6-12(16)13(14)17/h11-12H,2-10H2,1H3,(H2,14,17). The largest absolute Gasteiger partial charge is 0.368 e. The molecule has 0 saturated carbocycles. The zero-order valence-electron chi connectivity index (χ0n) is 10.9. The molecule has 0 aliphatic carbocycles. The highest BCUT2D eigenvalue weighted by Crippen LogP contribution is 2.22. The van der Waals surface area contributed by atoms with Crippen LogP contribution in [0.2, 0.25) is 0 Å². The third-order valence-corrected chi connectivity index (χ3v) is 4.16. The third kappa shape index (κ3) is 3.42. The minimum atomic E-state index is -0.131.